The molecular weight excluding hydrogens is 472 g/mol. The summed E-state index contributed by atoms with van der Waals surface area (Å²) in [6, 6.07) is 14.3. The van der Waals surface area contributed by atoms with Crippen molar-refractivity contribution in [1.29, 1.82) is 0 Å². The third kappa shape index (κ3) is 5.92. The third-order valence-electron chi connectivity index (χ3n) is 6.95. The number of aryl methyl sites for hydroxylation is 1. The monoisotopic (exact) mass is 506 g/mol. The van der Waals surface area contributed by atoms with Crippen LogP contribution >= 0.6 is 0 Å². The summed E-state index contributed by atoms with van der Waals surface area (Å²) in [5.74, 6) is -0.490. The van der Waals surface area contributed by atoms with Gasteiger partial charge in [-0.1, -0.05) is 48.0 Å². The lowest BCUT2D eigenvalue weighted by Gasteiger charge is -2.41. The summed E-state index contributed by atoms with van der Waals surface area (Å²) in [7, 11) is 0. The van der Waals surface area contributed by atoms with Crippen LogP contribution in [0.1, 0.15) is 48.8 Å². The van der Waals surface area contributed by atoms with Gasteiger partial charge in [0, 0.05) is 37.1 Å². The molecule has 2 aliphatic rings. The molecule has 37 heavy (non-hydrogen) atoms. The number of amides is 2. The second kappa shape index (κ2) is 11.7. The summed E-state index contributed by atoms with van der Waals surface area (Å²) in [5, 5.41) is 23.5. The van der Waals surface area contributed by atoms with E-state index in [1.54, 1.807) is 17.0 Å². The Morgan fingerprint density at radius 3 is 2.49 bits per heavy atom. The predicted molar refractivity (Wildman–Crippen MR) is 138 cm³/mol. The van der Waals surface area contributed by atoms with E-state index in [0.29, 0.717) is 24.2 Å². The van der Waals surface area contributed by atoms with E-state index in [1.165, 1.54) is 6.92 Å². The minimum Gasteiger partial charge on any atom is -0.486 e. The summed E-state index contributed by atoms with van der Waals surface area (Å²) in [6.45, 7) is 3.58. The minimum absolute atomic E-state index is 0.0123. The predicted octanol–water partition coefficient (Wildman–Crippen LogP) is 2.41. The molecule has 2 aromatic carbocycles. The highest BCUT2D eigenvalue weighted by Crippen LogP contribution is 2.47. The molecule has 0 aromatic heterocycles. The van der Waals surface area contributed by atoms with Gasteiger partial charge in [0.15, 0.2) is 0 Å². The largest absolute Gasteiger partial charge is 0.486 e. The number of benzene rings is 2. The van der Waals surface area contributed by atoms with E-state index in [0.717, 1.165) is 16.7 Å². The van der Waals surface area contributed by atoms with Crippen LogP contribution in [0.15, 0.2) is 60.2 Å². The van der Waals surface area contributed by atoms with Crippen LogP contribution in [-0.4, -0.2) is 64.1 Å². The van der Waals surface area contributed by atoms with Gasteiger partial charge < -0.3 is 30.0 Å². The van der Waals surface area contributed by atoms with E-state index < -0.39 is 24.2 Å². The maximum Gasteiger partial charge on any atom is 0.247 e. The zero-order valence-corrected chi connectivity index (χ0v) is 21.2. The van der Waals surface area contributed by atoms with Gasteiger partial charge in [0.2, 0.25) is 11.8 Å². The van der Waals surface area contributed by atoms with Gasteiger partial charge in [0.05, 0.1) is 18.6 Å². The number of ether oxygens (including phenoxy) is 1. The average molecular weight is 507 g/mol. The first-order valence-electron chi connectivity index (χ1n) is 12.7. The number of para-hydroxylation sites is 1. The van der Waals surface area contributed by atoms with Crippen molar-refractivity contribution < 1.29 is 29.3 Å². The smallest absolute Gasteiger partial charge is 0.247 e. The number of carbonyl (C=O) groups is 3. The summed E-state index contributed by atoms with van der Waals surface area (Å²) in [6.07, 6.45) is 0.667. The molecule has 4 atom stereocenters. The first kappa shape index (κ1) is 26.6. The number of Topliss-reactive ketones (excluding diaryl/α,β-unsaturated/α-hetero) is 1. The summed E-state index contributed by atoms with van der Waals surface area (Å²) in [4.78, 5) is 39.8. The molecule has 0 saturated carbocycles. The topological polar surface area (TPSA) is 116 Å². The van der Waals surface area contributed by atoms with E-state index in [9.17, 15) is 24.6 Å². The van der Waals surface area contributed by atoms with Crippen molar-refractivity contribution >= 4 is 17.6 Å². The van der Waals surface area contributed by atoms with Gasteiger partial charge in [-0.15, -0.1) is 0 Å². The number of hydrogen-bond acceptors (Lipinski definition) is 6. The Hall–Kier alpha value is -3.49. The Morgan fingerprint density at radius 1 is 1.05 bits per heavy atom. The van der Waals surface area contributed by atoms with Crippen LogP contribution in [0.25, 0.3) is 0 Å². The second-order valence-corrected chi connectivity index (χ2v) is 9.74. The normalized spacial score (nSPS) is 21.8. The zero-order chi connectivity index (χ0) is 26.5. The number of ketones is 1. The molecule has 2 amide bonds. The highest BCUT2D eigenvalue weighted by molar-refractivity contribution is 5.96. The van der Waals surface area contributed by atoms with Crippen LogP contribution in [0.5, 0.6) is 5.75 Å². The second-order valence-electron chi connectivity index (χ2n) is 9.74. The number of aliphatic hydroxyl groups is 2. The van der Waals surface area contributed by atoms with Gasteiger partial charge in [-0.25, -0.2) is 0 Å². The molecule has 1 aliphatic heterocycles. The Kier molecular flexibility index (Phi) is 8.41. The molecule has 8 heteroatoms. The van der Waals surface area contributed by atoms with Crippen LogP contribution in [0.4, 0.5) is 0 Å². The molecule has 3 N–H and O–H groups in total. The van der Waals surface area contributed by atoms with Crippen LogP contribution in [0.3, 0.4) is 0 Å². The highest BCUT2D eigenvalue weighted by Gasteiger charge is 2.50. The van der Waals surface area contributed by atoms with E-state index in [2.05, 4.69) is 5.32 Å². The average Bonchev–Trinajstić information content (AvgIpc) is 3.27. The summed E-state index contributed by atoms with van der Waals surface area (Å²) in [5.41, 5.74) is 3.16. The van der Waals surface area contributed by atoms with Gasteiger partial charge in [0.1, 0.15) is 23.7 Å². The maximum atomic E-state index is 13.5. The number of rotatable bonds is 10. The van der Waals surface area contributed by atoms with Crippen molar-refractivity contribution in [2.45, 2.75) is 63.8 Å². The molecule has 0 spiro atoms. The van der Waals surface area contributed by atoms with Crippen LogP contribution in [-0.2, 0) is 20.9 Å². The standard InChI is InChI=1S/C29H34N2O6/c1-18-10-12-20(13-11-18)17-31(25(34)9-5-6-19(2)33)23-16-22(29(36)30-14-15-32)26-21-7-3-4-8-24(21)37-28(26)27(23)35/h3-4,7-8,10-13,16,23,26-28,32,35H,5-6,9,14-15,17H2,1-2H3,(H,30,36). The molecular formula is C29H34N2O6. The molecule has 4 unspecified atom stereocenters. The summed E-state index contributed by atoms with van der Waals surface area (Å²) < 4.78 is 6.14. The Labute approximate surface area is 216 Å². The van der Waals surface area contributed by atoms with Crippen molar-refractivity contribution in [2.75, 3.05) is 13.2 Å². The zero-order valence-electron chi connectivity index (χ0n) is 21.2. The lowest BCUT2D eigenvalue weighted by molar-refractivity contribution is -0.138. The molecule has 1 aliphatic carbocycles. The fraction of sp³-hybridized carbons (Fsp3) is 0.414. The third-order valence-corrected chi connectivity index (χ3v) is 6.95. The Balaban J connectivity index is 1.72. The van der Waals surface area contributed by atoms with Gasteiger partial charge >= 0.3 is 0 Å². The maximum absolute atomic E-state index is 13.5. The van der Waals surface area contributed by atoms with Crippen LogP contribution in [0, 0.1) is 6.92 Å². The van der Waals surface area contributed by atoms with Crippen LogP contribution in [0.2, 0.25) is 0 Å². The first-order chi connectivity index (χ1) is 17.8. The van der Waals surface area contributed by atoms with E-state index in [1.807, 2.05) is 49.4 Å². The SMILES string of the molecule is CC(=O)CCCC(=O)N(Cc1ccc(C)cc1)C1C=C(C(=O)NCCO)C2c3ccccc3OC2C1O. The fourth-order valence-electron chi connectivity index (χ4n) is 5.07. The van der Waals surface area contributed by atoms with Crippen LogP contribution < -0.4 is 10.1 Å². The van der Waals surface area contributed by atoms with Gasteiger partial charge in [0.25, 0.3) is 0 Å². The number of aliphatic hydroxyl groups excluding tert-OH is 2. The Morgan fingerprint density at radius 2 is 1.78 bits per heavy atom. The molecule has 4 rings (SSSR count). The summed E-state index contributed by atoms with van der Waals surface area (Å²) >= 11 is 0. The number of carbonyl (C=O) groups excluding carboxylic acids is 3. The van der Waals surface area contributed by atoms with Crippen molar-refractivity contribution in [3.05, 3.63) is 76.9 Å². The minimum atomic E-state index is -1.09. The number of hydrogen-bond donors (Lipinski definition) is 3. The number of nitrogens with one attached hydrogen (secondary N) is 1. The molecule has 1 heterocycles. The van der Waals surface area contributed by atoms with Gasteiger partial charge in [-0.3, -0.25) is 9.59 Å². The van der Waals surface area contributed by atoms with Crippen molar-refractivity contribution in [1.82, 2.24) is 10.2 Å². The van der Waals surface area contributed by atoms with Crippen molar-refractivity contribution in [3.8, 4) is 5.75 Å². The lowest BCUT2D eigenvalue weighted by atomic mass is 9.77. The van der Waals surface area contributed by atoms with Gasteiger partial charge in [-0.05, 0) is 38.0 Å². The quantitative estimate of drug-likeness (QED) is 0.456. The molecule has 0 fully saturated rings. The molecule has 0 bridgehead atoms. The molecule has 8 nitrogen and oxygen atoms in total. The van der Waals surface area contributed by atoms with E-state index in [-0.39, 0.29) is 43.7 Å². The lowest BCUT2D eigenvalue weighted by Crippen LogP contribution is -2.55. The van der Waals surface area contributed by atoms with E-state index >= 15 is 0 Å². The Bertz CT molecular complexity index is 1180. The van der Waals surface area contributed by atoms with Crippen molar-refractivity contribution in [2.24, 2.45) is 0 Å². The molecule has 2 aromatic rings. The highest BCUT2D eigenvalue weighted by atomic mass is 16.5. The molecule has 0 radical (unpaired) electrons. The number of fused-ring (bicyclic) bond motifs is 3. The molecule has 196 valence electrons. The fourth-order valence-corrected chi connectivity index (χ4v) is 5.07. The van der Waals surface area contributed by atoms with Gasteiger partial charge in [-0.2, -0.15) is 0 Å². The van der Waals surface area contributed by atoms with Crippen molar-refractivity contribution in [3.63, 3.8) is 0 Å². The van der Waals surface area contributed by atoms with E-state index in [4.69, 9.17) is 4.74 Å². The first-order valence-corrected chi connectivity index (χ1v) is 12.7. The molecule has 0 saturated heterocycles. The number of nitrogens with zero attached hydrogens (tertiary/aromatic N) is 1.